The summed E-state index contributed by atoms with van der Waals surface area (Å²) < 4.78 is 6.11. The second-order valence-electron chi connectivity index (χ2n) is 11.6. The van der Waals surface area contributed by atoms with E-state index in [9.17, 15) is 0 Å². The Hall–Kier alpha value is -1.10. The van der Waals surface area contributed by atoms with Gasteiger partial charge in [-0.1, -0.05) is 59.1 Å². The van der Waals surface area contributed by atoms with Crippen molar-refractivity contribution in [2.24, 2.45) is 23.5 Å². The van der Waals surface area contributed by atoms with Crippen molar-refractivity contribution < 1.29 is 4.74 Å². The largest absolute Gasteiger partial charge is 0.493 e. The Labute approximate surface area is 198 Å². The van der Waals surface area contributed by atoms with Gasteiger partial charge in [-0.15, -0.1) is 0 Å². The van der Waals surface area contributed by atoms with Gasteiger partial charge in [-0.25, -0.2) is 0 Å². The third-order valence-electron chi connectivity index (χ3n) is 6.61. The van der Waals surface area contributed by atoms with E-state index in [-0.39, 0.29) is 11.6 Å². The molecule has 0 radical (unpaired) electrons. The van der Waals surface area contributed by atoms with E-state index in [0.717, 1.165) is 44.2 Å². The standard InChI is InChI=1S/C28H51N3O/c1-21(2)16-25(29)18-31-28(5,6)20-30-27(17-22(3)4)24-12-14-26(15-13-24)32-19-23-10-8-7-9-11-23/h12-15,21-23,25,27,30-31H,7-11,16-20,29H2,1-6H3/t25?,27-/m0/s1. The highest BCUT2D eigenvalue weighted by Gasteiger charge is 2.22. The molecular weight excluding hydrogens is 394 g/mol. The Morgan fingerprint density at radius 2 is 1.59 bits per heavy atom. The summed E-state index contributed by atoms with van der Waals surface area (Å²) in [6, 6.07) is 9.35. The molecule has 1 saturated carbocycles. The normalized spacial score (nSPS) is 17.7. The Balaban J connectivity index is 1.88. The topological polar surface area (TPSA) is 59.3 Å². The molecule has 2 atom stereocenters. The average molecular weight is 446 g/mol. The number of hydrogen-bond acceptors (Lipinski definition) is 4. The number of hydrogen-bond donors (Lipinski definition) is 3. The first kappa shape index (κ1) is 27.1. The highest BCUT2D eigenvalue weighted by molar-refractivity contribution is 5.29. The van der Waals surface area contributed by atoms with Gasteiger partial charge in [-0.3, -0.25) is 0 Å². The first-order chi connectivity index (χ1) is 15.1. The molecule has 2 rings (SSSR count). The summed E-state index contributed by atoms with van der Waals surface area (Å²) in [5.41, 5.74) is 7.62. The Bertz CT molecular complexity index is 620. The second kappa shape index (κ2) is 13.6. The number of nitrogens with one attached hydrogen (secondary N) is 2. The molecule has 1 unspecified atom stereocenters. The van der Waals surface area contributed by atoms with E-state index < -0.39 is 0 Å². The van der Waals surface area contributed by atoms with Crippen LogP contribution in [0.1, 0.15) is 98.1 Å². The van der Waals surface area contributed by atoms with Crippen molar-refractivity contribution in [3.63, 3.8) is 0 Å². The molecule has 0 amide bonds. The van der Waals surface area contributed by atoms with Crippen molar-refractivity contribution in [2.75, 3.05) is 19.7 Å². The van der Waals surface area contributed by atoms with E-state index in [1.807, 2.05) is 0 Å². The smallest absolute Gasteiger partial charge is 0.119 e. The monoisotopic (exact) mass is 445 g/mol. The first-order valence-corrected chi connectivity index (χ1v) is 13.1. The van der Waals surface area contributed by atoms with Crippen molar-refractivity contribution in [3.05, 3.63) is 29.8 Å². The van der Waals surface area contributed by atoms with Crippen LogP contribution in [0.4, 0.5) is 0 Å². The van der Waals surface area contributed by atoms with Gasteiger partial charge < -0.3 is 21.1 Å². The quantitative estimate of drug-likeness (QED) is 0.325. The molecule has 32 heavy (non-hydrogen) atoms. The van der Waals surface area contributed by atoms with Crippen LogP contribution in [-0.2, 0) is 0 Å². The molecular formula is C28H51N3O. The van der Waals surface area contributed by atoms with E-state index in [1.165, 1.54) is 37.7 Å². The van der Waals surface area contributed by atoms with Gasteiger partial charge in [0.25, 0.3) is 0 Å². The first-order valence-electron chi connectivity index (χ1n) is 13.1. The molecule has 0 heterocycles. The van der Waals surface area contributed by atoms with Crippen LogP contribution in [0.25, 0.3) is 0 Å². The van der Waals surface area contributed by atoms with Gasteiger partial charge in [-0.05, 0) is 75.0 Å². The molecule has 184 valence electrons. The summed E-state index contributed by atoms with van der Waals surface area (Å²) in [5.74, 6) is 3.01. The van der Waals surface area contributed by atoms with Crippen LogP contribution >= 0.6 is 0 Å². The minimum Gasteiger partial charge on any atom is -0.493 e. The Kier molecular flexibility index (Phi) is 11.5. The van der Waals surface area contributed by atoms with E-state index >= 15 is 0 Å². The summed E-state index contributed by atoms with van der Waals surface area (Å²) in [5, 5.41) is 7.50. The Morgan fingerprint density at radius 3 is 2.19 bits per heavy atom. The number of ether oxygens (including phenoxy) is 1. The van der Waals surface area contributed by atoms with Crippen molar-refractivity contribution >= 4 is 0 Å². The molecule has 1 aliphatic rings. The molecule has 1 fully saturated rings. The van der Waals surface area contributed by atoms with Gasteiger partial charge in [0.15, 0.2) is 0 Å². The van der Waals surface area contributed by atoms with Crippen LogP contribution < -0.4 is 21.1 Å². The van der Waals surface area contributed by atoms with Crippen LogP contribution in [-0.4, -0.2) is 31.3 Å². The van der Waals surface area contributed by atoms with Crippen molar-refractivity contribution in [2.45, 2.75) is 104 Å². The van der Waals surface area contributed by atoms with Gasteiger partial charge >= 0.3 is 0 Å². The van der Waals surface area contributed by atoms with E-state index in [0.29, 0.717) is 17.9 Å². The van der Waals surface area contributed by atoms with E-state index in [4.69, 9.17) is 10.5 Å². The SMILES string of the molecule is CC(C)CC(N)CNC(C)(C)CN[C@@H](CC(C)C)c1ccc(OCC2CCCCC2)cc1. The predicted molar refractivity (Wildman–Crippen MR) is 138 cm³/mol. The second-order valence-corrected chi connectivity index (χ2v) is 11.6. The summed E-state index contributed by atoms with van der Waals surface area (Å²) in [6.45, 7) is 16.2. The highest BCUT2D eigenvalue weighted by atomic mass is 16.5. The number of rotatable bonds is 14. The molecule has 1 aromatic carbocycles. The number of nitrogens with two attached hydrogens (primary N) is 1. The molecule has 0 bridgehead atoms. The zero-order valence-corrected chi connectivity index (χ0v) is 21.8. The molecule has 0 aromatic heterocycles. The van der Waals surface area contributed by atoms with Crippen LogP contribution in [0.15, 0.2) is 24.3 Å². The zero-order valence-electron chi connectivity index (χ0n) is 21.8. The van der Waals surface area contributed by atoms with Gasteiger partial charge in [0.05, 0.1) is 6.61 Å². The fourth-order valence-corrected chi connectivity index (χ4v) is 4.71. The molecule has 0 saturated heterocycles. The van der Waals surface area contributed by atoms with Gasteiger partial charge in [0.1, 0.15) is 5.75 Å². The predicted octanol–water partition coefficient (Wildman–Crippen LogP) is 6.06. The third kappa shape index (κ3) is 10.7. The summed E-state index contributed by atoms with van der Waals surface area (Å²) in [4.78, 5) is 0. The van der Waals surface area contributed by atoms with Crippen LogP contribution in [0, 0.1) is 17.8 Å². The lowest BCUT2D eigenvalue weighted by molar-refractivity contribution is 0.208. The maximum atomic E-state index is 6.29. The molecule has 4 nitrogen and oxygen atoms in total. The lowest BCUT2D eigenvalue weighted by atomic mass is 9.90. The van der Waals surface area contributed by atoms with Gasteiger partial charge in [0.2, 0.25) is 0 Å². The van der Waals surface area contributed by atoms with Crippen LogP contribution in [0.3, 0.4) is 0 Å². The maximum Gasteiger partial charge on any atom is 0.119 e. The Morgan fingerprint density at radius 1 is 0.969 bits per heavy atom. The molecule has 1 aromatic rings. The summed E-state index contributed by atoms with van der Waals surface area (Å²) in [6.07, 6.45) is 8.95. The molecule has 0 spiro atoms. The summed E-state index contributed by atoms with van der Waals surface area (Å²) >= 11 is 0. The van der Waals surface area contributed by atoms with Crippen molar-refractivity contribution in [1.29, 1.82) is 0 Å². The third-order valence-corrected chi connectivity index (χ3v) is 6.61. The minimum atomic E-state index is -0.00707. The van der Waals surface area contributed by atoms with E-state index in [2.05, 4.69) is 76.4 Å². The lowest BCUT2D eigenvalue weighted by Gasteiger charge is -2.32. The van der Waals surface area contributed by atoms with Crippen LogP contribution in [0.5, 0.6) is 5.75 Å². The highest BCUT2D eigenvalue weighted by Crippen LogP contribution is 2.27. The molecule has 4 N–H and O–H groups in total. The number of benzene rings is 1. The zero-order chi connectivity index (χ0) is 23.6. The minimum absolute atomic E-state index is 0.00707. The van der Waals surface area contributed by atoms with Crippen LogP contribution in [0.2, 0.25) is 0 Å². The average Bonchev–Trinajstić information content (AvgIpc) is 2.74. The van der Waals surface area contributed by atoms with Gasteiger partial charge in [-0.2, -0.15) is 0 Å². The van der Waals surface area contributed by atoms with E-state index in [1.54, 1.807) is 0 Å². The molecule has 1 aliphatic carbocycles. The van der Waals surface area contributed by atoms with Gasteiger partial charge in [0, 0.05) is 30.7 Å². The maximum absolute atomic E-state index is 6.29. The fraction of sp³-hybridized carbons (Fsp3) is 0.786. The van der Waals surface area contributed by atoms with Crippen molar-refractivity contribution in [3.8, 4) is 5.75 Å². The molecule has 4 heteroatoms. The summed E-state index contributed by atoms with van der Waals surface area (Å²) in [7, 11) is 0. The fourth-order valence-electron chi connectivity index (χ4n) is 4.71. The molecule has 0 aliphatic heterocycles. The van der Waals surface area contributed by atoms with Crippen molar-refractivity contribution in [1.82, 2.24) is 10.6 Å². The lowest BCUT2D eigenvalue weighted by Crippen LogP contribution is -2.52.